The van der Waals surface area contributed by atoms with Crippen molar-refractivity contribution in [2.45, 2.75) is 19.9 Å². The molecule has 7 heteroatoms. The van der Waals surface area contributed by atoms with Gasteiger partial charge in [0.25, 0.3) is 0 Å². The van der Waals surface area contributed by atoms with Crippen molar-refractivity contribution in [3.63, 3.8) is 0 Å². The largest absolute Gasteiger partial charge is 0.381 e. The summed E-state index contributed by atoms with van der Waals surface area (Å²) in [6, 6.07) is 10.2. The van der Waals surface area contributed by atoms with Gasteiger partial charge in [-0.15, -0.1) is 24.0 Å². The van der Waals surface area contributed by atoms with E-state index in [1.54, 1.807) is 0 Å². The van der Waals surface area contributed by atoms with E-state index in [2.05, 4.69) is 46.3 Å². The van der Waals surface area contributed by atoms with Crippen molar-refractivity contribution in [2.24, 2.45) is 10.9 Å². The van der Waals surface area contributed by atoms with Gasteiger partial charge in [-0.1, -0.05) is 30.3 Å². The van der Waals surface area contributed by atoms with Gasteiger partial charge in [-0.2, -0.15) is 0 Å². The highest BCUT2D eigenvalue weighted by molar-refractivity contribution is 14.0. The molecule has 0 amide bonds. The molecular formula is C19H28IN5O. The Kier molecular flexibility index (Phi) is 8.37. The number of aromatic amines is 1. The number of nitrogens with zero attached hydrogens (tertiary/aromatic N) is 3. The Labute approximate surface area is 172 Å². The van der Waals surface area contributed by atoms with Gasteiger partial charge in [-0.05, 0) is 18.9 Å². The van der Waals surface area contributed by atoms with Crippen LogP contribution in [-0.4, -0.2) is 54.2 Å². The van der Waals surface area contributed by atoms with Gasteiger partial charge in [0.05, 0.1) is 18.5 Å². The molecule has 0 aliphatic carbocycles. The molecule has 1 aliphatic rings. The van der Waals surface area contributed by atoms with E-state index < -0.39 is 0 Å². The summed E-state index contributed by atoms with van der Waals surface area (Å²) in [5, 5.41) is 3.36. The molecule has 1 saturated heterocycles. The number of benzene rings is 1. The van der Waals surface area contributed by atoms with Crippen molar-refractivity contribution in [1.29, 1.82) is 0 Å². The molecule has 1 aliphatic heterocycles. The van der Waals surface area contributed by atoms with E-state index in [9.17, 15) is 0 Å². The summed E-state index contributed by atoms with van der Waals surface area (Å²) in [6.07, 6.45) is 3.00. The lowest BCUT2D eigenvalue weighted by atomic mass is 10.1. The number of imidazole rings is 1. The van der Waals surface area contributed by atoms with Crippen LogP contribution in [0.3, 0.4) is 0 Å². The van der Waals surface area contributed by atoms with Crippen LogP contribution < -0.4 is 5.32 Å². The lowest BCUT2D eigenvalue weighted by Gasteiger charge is -2.24. The first-order chi connectivity index (χ1) is 12.3. The van der Waals surface area contributed by atoms with Gasteiger partial charge in [-0.25, -0.2) is 9.98 Å². The Morgan fingerprint density at radius 1 is 1.38 bits per heavy atom. The first-order valence-corrected chi connectivity index (χ1v) is 8.92. The maximum absolute atomic E-state index is 5.47. The second-order valence-electron chi connectivity index (χ2n) is 6.39. The molecule has 142 valence electrons. The number of H-pyrrole nitrogens is 1. The predicted octanol–water partition coefficient (Wildman–Crippen LogP) is 3.13. The summed E-state index contributed by atoms with van der Waals surface area (Å²) in [6.45, 7) is 6.14. The summed E-state index contributed by atoms with van der Waals surface area (Å²) < 4.78 is 5.47. The van der Waals surface area contributed by atoms with Crippen LogP contribution in [0.25, 0.3) is 11.3 Å². The van der Waals surface area contributed by atoms with E-state index in [1.807, 2.05) is 24.4 Å². The van der Waals surface area contributed by atoms with Gasteiger partial charge < -0.3 is 19.9 Å². The van der Waals surface area contributed by atoms with Crippen LogP contribution in [0.1, 0.15) is 19.2 Å². The smallest absolute Gasteiger partial charge is 0.194 e. The highest BCUT2D eigenvalue weighted by Gasteiger charge is 2.19. The molecule has 0 spiro atoms. The van der Waals surface area contributed by atoms with Crippen LogP contribution in [0.2, 0.25) is 0 Å². The first-order valence-electron chi connectivity index (χ1n) is 8.92. The maximum Gasteiger partial charge on any atom is 0.194 e. The predicted molar refractivity (Wildman–Crippen MR) is 116 cm³/mol. The quantitative estimate of drug-likeness (QED) is 0.388. The molecule has 2 heterocycles. The lowest BCUT2D eigenvalue weighted by molar-refractivity contribution is 0.181. The monoisotopic (exact) mass is 469 g/mol. The zero-order valence-electron chi connectivity index (χ0n) is 15.4. The number of halogens is 1. The normalized spacial score (nSPS) is 17.0. The van der Waals surface area contributed by atoms with Gasteiger partial charge in [0.15, 0.2) is 5.96 Å². The topological polar surface area (TPSA) is 65.5 Å². The van der Waals surface area contributed by atoms with Crippen molar-refractivity contribution in [3.8, 4) is 11.3 Å². The molecule has 2 N–H and O–H groups in total. The molecule has 0 radical (unpaired) electrons. The van der Waals surface area contributed by atoms with E-state index in [4.69, 9.17) is 9.73 Å². The Balaban J connectivity index is 0.00000243. The molecule has 1 aromatic carbocycles. The highest BCUT2D eigenvalue weighted by Crippen LogP contribution is 2.16. The molecule has 1 aromatic heterocycles. The van der Waals surface area contributed by atoms with E-state index in [0.29, 0.717) is 12.5 Å². The number of aromatic nitrogens is 2. The molecule has 6 nitrogen and oxygen atoms in total. The second kappa shape index (κ2) is 10.5. The van der Waals surface area contributed by atoms with Crippen molar-refractivity contribution in [2.75, 3.05) is 33.4 Å². The highest BCUT2D eigenvalue weighted by atomic mass is 127. The first kappa shape index (κ1) is 20.7. The van der Waals surface area contributed by atoms with Crippen LogP contribution in [0.5, 0.6) is 0 Å². The third-order valence-electron chi connectivity index (χ3n) is 4.34. The summed E-state index contributed by atoms with van der Waals surface area (Å²) in [5.74, 6) is 2.36. The van der Waals surface area contributed by atoms with Crippen molar-refractivity contribution >= 4 is 29.9 Å². The van der Waals surface area contributed by atoms with Crippen molar-refractivity contribution in [1.82, 2.24) is 20.2 Å². The molecule has 0 saturated carbocycles. The number of nitrogens with one attached hydrogen (secondary N) is 2. The van der Waals surface area contributed by atoms with E-state index in [0.717, 1.165) is 55.8 Å². The molecule has 0 bridgehead atoms. The van der Waals surface area contributed by atoms with E-state index in [-0.39, 0.29) is 24.0 Å². The summed E-state index contributed by atoms with van der Waals surface area (Å²) in [5.41, 5.74) is 2.16. The number of hydrogen-bond donors (Lipinski definition) is 2. The molecule has 1 fully saturated rings. The Morgan fingerprint density at radius 3 is 2.88 bits per heavy atom. The lowest BCUT2D eigenvalue weighted by Crippen LogP contribution is -2.41. The molecular weight excluding hydrogens is 441 g/mol. The van der Waals surface area contributed by atoms with Gasteiger partial charge in [0.1, 0.15) is 12.4 Å². The average Bonchev–Trinajstić information content (AvgIpc) is 3.31. The molecule has 26 heavy (non-hydrogen) atoms. The summed E-state index contributed by atoms with van der Waals surface area (Å²) in [4.78, 5) is 14.7. The van der Waals surface area contributed by atoms with Gasteiger partial charge in [0, 0.05) is 32.7 Å². The van der Waals surface area contributed by atoms with E-state index >= 15 is 0 Å². The van der Waals surface area contributed by atoms with Crippen molar-refractivity contribution < 1.29 is 4.74 Å². The zero-order valence-corrected chi connectivity index (χ0v) is 17.8. The average molecular weight is 469 g/mol. The number of guanidine groups is 1. The SMILES string of the molecule is CCNC(=NCc1ncc(-c2ccccc2)[nH]1)N(C)CC1CCOC1.I. The molecule has 1 atom stereocenters. The fourth-order valence-electron chi connectivity index (χ4n) is 3.03. The summed E-state index contributed by atoms with van der Waals surface area (Å²) >= 11 is 0. The number of hydrogen-bond acceptors (Lipinski definition) is 3. The Hall–Kier alpha value is -1.61. The van der Waals surface area contributed by atoms with Crippen LogP contribution in [0, 0.1) is 5.92 Å². The number of rotatable bonds is 6. The standard InChI is InChI=1S/C19H27N5O.HI/c1-3-20-19(24(2)13-15-9-10-25-14-15)22-12-18-21-11-17(23-18)16-7-5-4-6-8-16;/h4-8,11,15H,3,9-10,12-14H2,1-2H3,(H,20,22)(H,21,23);1H. The van der Waals surface area contributed by atoms with Crippen LogP contribution in [0.4, 0.5) is 0 Å². The number of ether oxygens (including phenoxy) is 1. The fourth-order valence-corrected chi connectivity index (χ4v) is 3.03. The second-order valence-corrected chi connectivity index (χ2v) is 6.39. The van der Waals surface area contributed by atoms with Gasteiger partial charge in [-0.3, -0.25) is 0 Å². The van der Waals surface area contributed by atoms with Gasteiger partial charge >= 0.3 is 0 Å². The minimum atomic E-state index is 0. The zero-order chi connectivity index (χ0) is 17.5. The third-order valence-corrected chi connectivity index (χ3v) is 4.34. The van der Waals surface area contributed by atoms with Crippen molar-refractivity contribution in [3.05, 3.63) is 42.4 Å². The molecule has 3 rings (SSSR count). The fraction of sp³-hybridized carbons (Fsp3) is 0.474. The summed E-state index contributed by atoms with van der Waals surface area (Å²) in [7, 11) is 2.08. The third kappa shape index (κ3) is 5.70. The van der Waals surface area contributed by atoms with E-state index in [1.165, 1.54) is 0 Å². The molecule has 1 unspecified atom stereocenters. The Bertz CT molecular complexity index is 682. The maximum atomic E-state index is 5.47. The Morgan fingerprint density at radius 2 is 2.19 bits per heavy atom. The van der Waals surface area contributed by atoms with Crippen LogP contribution >= 0.6 is 24.0 Å². The van der Waals surface area contributed by atoms with Crippen LogP contribution in [0.15, 0.2) is 41.5 Å². The minimum Gasteiger partial charge on any atom is -0.381 e. The van der Waals surface area contributed by atoms with Crippen LogP contribution in [-0.2, 0) is 11.3 Å². The minimum absolute atomic E-state index is 0. The number of aliphatic imine (C=N–C) groups is 1. The molecule has 2 aromatic rings. The van der Waals surface area contributed by atoms with Gasteiger partial charge in [0.2, 0.25) is 0 Å².